The third kappa shape index (κ3) is 4.10. The van der Waals surface area contributed by atoms with Crippen molar-refractivity contribution in [2.75, 3.05) is 13.1 Å². The van der Waals surface area contributed by atoms with E-state index in [-0.39, 0.29) is 11.5 Å². The van der Waals surface area contributed by atoms with Gasteiger partial charge in [-0.1, -0.05) is 27.7 Å². The minimum atomic E-state index is -0.278. The Morgan fingerprint density at radius 3 is 2.33 bits per heavy atom. The van der Waals surface area contributed by atoms with Gasteiger partial charge in [-0.2, -0.15) is 10.2 Å². The molecule has 0 aromatic carbocycles. The van der Waals surface area contributed by atoms with E-state index in [4.69, 9.17) is 0 Å². The number of aromatic amines is 1. The van der Waals surface area contributed by atoms with Crippen molar-refractivity contribution >= 4 is 5.91 Å². The average molecular weight is 331 g/mol. The van der Waals surface area contributed by atoms with E-state index in [0.717, 1.165) is 0 Å². The number of amides is 1. The normalized spacial score (nSPS) is 11.3. The Morgan fingerprint density at radius 1 is 1.21 bits per heavy atom. The molecule has 1 N–H and O–H groups in total. The fourth-order valence-corrected chi connectivity index (χ4v) is 2.60. The maximum absolute atomic E-state index is 12.9. The highest BCUT2D eigenvalue weighted by Crippen LogP contribution is 2.16. The fourth-order valence-electron chi connectivity index (χ4n) is 2.60. The molecular formula is C17H25N5O2. The molecule has 7 heteroatoms. The van der Waals surface area contributed by atoms with Crippen molar-refractivity contribution in [2.24, 2.45) is 11.8 Å². The first kappa shape index (κ1) is 17.9. The lowest BCUT2D eigenvalue weighted by Crippen LogP contribution is -2.37. The average Bonchev–Trinajstić information content (AvgIpc) is 2.87. The third-order valence-corrected chi connectivity index (χ3v) is 3.58. The Kier molecular flexibility index (Phi) is 5.54. The number of hydrogen-bond acceptors (Lipinski definition) is 4. The summed E-state index contributed by atoms with van der Waals surface area (Å²) in [5.41, 5.74) is 0.987. The van der Waals surface area contributed by atoms with Crippen molar-refractivity contribution in [3.63, 3.8) is 0 Å². The Balaban J connectivity index is 2.32. The summed E-state index contributed by atoms with van der Waals surface area (Å²) in [6.07, 6.45) is 1.57. The number of hydrogen-bond donors (Lipinski definition) is 1. The molecule has 2 aromatic heterocycles. The van der Waals surface area contributed by atoms with Crippen LogP contribution < -0.4 is 5.56 Å². The molecule has 0 saturated carbocycles. The molecule has 0 spiro atoms. The molecule has 0 fully saturated rings. The quantitative estimate of drug-likeness (QED) is 0.877. The molecule has 0 aliphatic carbocycles. The smallest absolute Gasteiger partial charge is 0.264 e. The molecule has 130 valence electrons. The van der Waals surface area contributed by atoms with Crippen molar-refractivity contribution < 1.29 is 4.79 Å². The van der Waals surface area contributed by atoms with E-state index in [2.05, 4.69) is 43.0 Å². The molecule has 0 atom stereocenters. The predicted molar refractivity (Wildman–Crippen MR) is 92.3 cm³/mol. The Labute approximate surface area is 141 Å². The van der Waals surface area contributed by atoms with Gasteiger partial charge in [-0.3, -0.25) is 9.59 Å². The van der Waals surface area contributed by atoms with E-state index in [0.29, 0.717) is 42.0 Å². The zero-order valence-corrected chi connectivity index (χ0v) is 14.9. The zero-order chi connectivity index (χ0) is 17.9. The van der Waals surface area contributed by atoms with Gasteiger partial charge in [0.2, 0.25) is 0 Å². The van der Waals surface area contributed by atoms with Crippen LogP contribution in [-0.4, -0.2) is 43.9 Å². The van der Waals surface area contributed by atoms with Crippen molar-refractivity contribution in [1.29, 1.82) is 0 Å². The summed E-state index contributed by atoms with van der Waals surface area (Å²) in [5, 5.41) is 10.6. The SMILES string of the molecule is Cc1c(C(=O)N(CC(C)C)CC(C)C)cnn1-c1ccc(=O)[nH]n1. The van der Waals surface area contributed by atoms with Gasteiger partial charge in [0.05, 0.1) is 17.5 Å². The van der Waals surface area contributed by atoms with Gasteiger partial charge in [0.1, 0.15) is 0 Å². The van der Waals surface area contributed by atoms with E-state index in [1.807, 2.05) is 11.8 Å². The van der Waals surface area contributed by atoms with Crippen LogP contribution in [0.5, 0.6) is 0 Å². The second kappa shape index (κ2) is 7.42. The van der Waals surface area contributed by atoms with Gasteiger partial charge in [0.25, 0.3) is 11.5 Å². The van der Waals surface area contributed by atoms with E-state index < -0.39 is 0 Å². The van der Waals surface area contributed by atoms with Gasteiger partial charge in [-0.15, -0.1) is 0 Å². The van der Waals surface area contributed by atoms with Crippen molar-refractivity contribution in [2.45, 2.75) is 34.6 Å². The van der Waals surface area contributed by atoms with Gasteiger partial charge < -0.3 is 4.90 Å². The van der Waals surface area contributed by atoms with Crippen molar-refractivity contribution in [3.05, 3.63) is 39.9 Å². The van der Waals surface area contributed by atoms with Crippen molar-refractivity contribution in [3.8, 4) is 5.82 Å². The van der Waals surface area contributed by atoms with E-state index >= 15 is 0 Å². The van der Waals surface area contributed by atoms with Crippen LogP contribution in [0, 0.1) is 18.8 Å². The van der Waals surface area contributed by atoms with E-state index in [9.17, 15) is 9.59 Å². The van der Waals surface area contributed by atoms with Gasteiger partial charge in [-0.05, 0) is 24.8 Å². The second-order valence-electron chi connectivity index (χ2n) is 6.83. The topological polar surface area (TPSA) is 83.9 Å². The molecule has 1 amide bonds. The number of nitrogens with zero attached hydrogens (tertiary/aromatic N) is 4. The van der Waals surface area contributed by atoms with Crippen LogP contribution in [0.25, 0.3) is 5.82 Å². The number of H-pyrrole nitrogens is 1. The largest absolute Gasteiger partial charge is 0.338 e. The van der Waals surface area contributed by atoms with Crippen LogP contribution in [0.15, 0.2) is 23.1 Å². The van der Waals surface area contributed by atoms with Crippen LogP contribution in [0.1, 0.15) is 43.7 Å². The maximum Gasteiger partial charge on any atom is 0.264 e. The summed E-state index contributed by atoms with van der Waals surface area (Å²) in [4.78, 5) is 25.9. The van der Waals surface area contributed by atoms with Crippen LogP contribution in [0.2, 0.25) is 0 Å². The van der Waals surface area contributed by atoms with Crippen LogP contribution in [0.3, 0.4) is 0 Å². The molecule has 2 aromatic rings. The minimum Gasteiger partial charge on any atom is -0.338 e. The molecule has 0 unspecified atom stereocenters. The first-order valence-electron chi connectivity index (χ1n) is 8.19. The lowest BCUT2D eigenvalue weighted by molar-refractivity contribution is 0.0714. The first-order chi connectivity index (χ1) is 11.3. The van der Waals surface area contributed by atoms with Crippen LogP contribution in [-0.2, 0) is 0 Å². The standard InChI is InChI=1S/C17H25N5O2/c1-11(2)9-21(10-12(3)4)17(24)14-8-18-22(13(14)5)15-6-7-16(23)20-19-15/h6-8,11-12H,9-10H2,1-5H3,(H,20,23). The maximum atomic E-state index is 12.9. The molecule has 2 rings (SSSR count). The molecule has 0 saturated heterocycles. The number of carbonyl (C=O) groups is 1. The molecule has 0 bridgehead atoms. The molecule has 24 heavy (non-hydrogen) atoms. The lowest BCUT2D eigenvalue weighted by Gasteiger charge is -2.26. The van der Waals surface area contributed by atoms with E-state index in [1.165, 1.54) is 6.07 Å². The number of aromatic nitrogens is 4. The molecule has 0 aliphatic rings. The predicted octanol–water partition coefficient (Wildman–Crippen LogP) is 2.02. The highest BCUT2D eigenvalue weighted by molar-refractivity contribution is 5.95. The molecule has 0 radical (unpaired) electrons. The Bertz CT molecular complexity index is 730. The van der Waals surface area contributed by atoms with Gasteiger partial charge in [0, 0.05) is 19.2 Å². The number of rotatable bonds is 6. The number of nitrogens with one attached hydrogen (secondary N) is 1. The molecule has 2 heterocycles. The molecular weight excluding hydrogens is 306 g/mol. The van der Waals surface area contributed by atoms with Gasteiger partial charge in [-0.25, -0.2) is 9.78 Å². The number of carbonyl (C=O) groups excluding carboxylic acids is 1. The first-order valence-corrected chi connectivity index (χ1v) is 8.19. The molecule has 0 aliphatic heterocycles. The summed E-state index contributed by atoms with van der Waals surface area (Å²) in [5.74, 6) is 1.24. The van der Waals surface area contributed by atoms with Crippen LogP contribution in [0.4, 0.5) is 0 Å². The summed E-state index contributed by atoms with van der Waals surface area (Å²) in [6, 6.07) is 2.96. The fraction of sp³-hybridized carbons (Fsp3) is 0.529. The summed E-state index contributed by atoms with van der Waals surface area (Å²) >= 11 is 0. The molecule has 7 nitrogen and oxygen atoms in total. The lowest BCUT2D eigenvalue weighted by atomic mass is 10.1. The van der Waals surface area contributed by atoms with Gasteiger partial charge >= 0.3 is 0 Å². The van der Waals surface area contributed by atoms with Crippen molar-refractivity contribution in [1.82, 2.24) is 24.9 Å². The highest BCUT2D eigenvalue weighted by atomic mass is 16.2. The zero-order valence-electron chi connectivity index (χ0n) is 14.9. The van der Waals surface area contributed by atoms with E-state index in [1.54, 1.807) is 16.9 Å². The minimum absolute atomic E-state index is 0.0226. The summed E-state index contributed by atoms with van der Waals surface area (Å²) in [7, 11) is 0. The Hall–Kier alpha value is -2.44. The second-order valence-corrected chi connectivity index (χ2v) is 6.83. The van der Waals surface area contributed by atoms with Gasteiger partial charge in [0.15, 0.2) is 5.82 Å². The van der Waals surface area contributed by atoms with Crippen LogP contribution >= 0.6 is 0 Å². The third-order valence-electron chi connectivity index (χ3n) is 3.58. The Morgan fingerprint density at radius 2 is 1.83 bits per heavy atom. The summed E-state index contributed by atoms with van der Waals surface area (Å²) in [6.45, 7) is 11.6. The summed E-state index contributed by atoms with van der Waals surface area (Å²) < 4.78 is 1.56. The monoisotopic (exact) mass is 331 g/mol. The highest BCUT2D eigenvalue weighted by Gasteiger charge is 2.22.